The highest BCUT2D eigenvalue weighted by Gasteiger charge is 2.16. The molecule has 26 heavy (non-hydrogen) atoms. The third kappa shape index (κ3) is 4.41. The Hall–Kier alpha value is -3.29. The van der Waals surface area contributed by atoms with Crippen LogP contribution >= 0.6 is 0 Å². The van der Waals surface area contributed by atoms with Gasteiger partial charge >= 0.3 is 0 Å². The molecule has 0 aliphatic carbocycles. The van der Waals surface area contributed by atoms with E-state index in [1.54, 1.807) is 18.2 Å². The van der Waals surface area contributed by atoms with Crippen LogP contribution in [0.1, 0.15) is 24.2 Å². The van der Waals surface area contributed by atoms with Gasteiger partial charge in [0.15, 0.2) is 11.5 Å². The summed E-state index contributed by atoms with van der Waals surface area (Å²) in [7, 11) is 1.37. The highest BCUT2D eigenvalue weighted by Crippen LogP contribution is 2.31. The molecule has 1 amide bonds. The molecule has 1 N–H and O–H groups in total. The average Bonchev–Trinajstić information content (AvgIpc) is 2.63. The summed E-state index contributed by atoms with van der Waals surface area (Å²) in [6.07, 6.45) is 0. The van der Waals surface area contributed by atoms with E-state index in [1.807, 2.05) is 13.8 Å². The van der Waals surface area contributed by atoms with Crippen molar-refractivity contribution in [3.63, 3.8) is 0 Å². The maximum absolute atomic E-state index is 12.5. The number of nitrogens with zero attached hydrogens (tertiary/aromatic N) is 1. The van der Waals surface area contributed by atoms with Gasteiger partial charge in [0, 0.05) is 11.6 Å². The highest BCUT2D eigenvalue weighted by atomic mass is 16.6. The number of nitro benzene ring substituents is 1. The van der Waals surface area contributed by atoms with Crippen molar-refractivity contribution in [2.75, 3.05) is 25.6 Å². The molecule has 0 aromatic heterocycles. The summed E-state index contributed by atoms with van der Waals surface area (Å²) in [4.78, 5) is 22.8. The number of non-ortho nitro benzene ring substituents is 1. The van der Waals surface area contributed by atoms with Crippen LogP contribution in [0.4, 0.5) is 11.4 Å². The van der Waals surface area contributed by atoms with E-state index in [2.05, 4.69) is 5.32 Å². The van der Waals surface area contributed by atoms with Gasteiger partial charge in [-0.3, -0.25) is 14.9 Å². The van der Waals surface area contributed by atoms with Crippen molar-refractivity contribution < 1.29 is 23.9 Å². The van der Waals surface area contributed by atoms with Crippen LogP contribution in [-0.2, 0) is 0 Å². The topological polar surface area (TPSA) is 99.9 Å². The summed E-state index contributed by atoms with van der Waals surface area (Å²) in [6.45, 7) is 4.61. The Labute approximate surface area is 150 Å². The van der Waals surface area contributed by atoms with E-state index in [0.29, 0.717) is 36.0 Å². The number of amides is 1. The minimum atomic E-state index is -0.533. The SMILES string of the molecule is CCOc1ccc(C(=O)Nc2ccc([N+](=O)[O-])cc2OC)cc1OCC. The van der Waals surface area contributed by atoms with Gasteiger partial charge in [-0.25, -0.2) is 0 Å². The number of benzene rings is 2. The first-order valence-corrected chi connectivity index (χ1v) is 8.03. The normalized spacial score (nSPS) is 10.1. The Kier molecular flexibility index (Phi) is 6.37. The van der Waals surface area contributed by atoms with Crippen LogP contribution in [0, 0.1) is 10.1 Å². The van der Waals surface area contributed by atoms with Crippen molar-refractivity contribution in [3.05, 3.63) is 52.1 Å². The summed E-state index contributed by atoms with van der Waals surface area (Å²) in [5, 5.41) is 13.5. The zero-order chi connectivity index (χ0) is 19.1. The van der Waals surface area contributed by atoms with Gasteiger partial charge < -0.3 is 19.5 Å². The van der Waals surface area contributed by atoms with E-state index in [4.69, 9.17) is 14.2 Å². The summed E-state index contributed by atoms with van der Waals surface area (Å²) in [6, 6.07) is 8.83. The molecular formula is C18H20N2O6. The number of rotatable bonds is 8. The molecule has 0 unspecified atom stereocenters. The lowest BCUT2D eigenvalue weighted by molar-refractivity contribution is -0.384. The van der Waals surface area contributed by atoms with E-state index < -0.39 is 10.8 Å². The monoisotopic (exact) mass is 360 g/mol. The Bertz CT molecular complexity index is 806. The number of anilines is 1. The Morgan fingerprint density at radius 2 is 1.73 bits per heavy atom. The van der Waals surface area contributed by atoms with Crippen molar-refractivity contribution in [3.8, 4) is 17.2 Å². The number of methoxy groups -OCH3 is 1. The number of carbonyl (C=O) groups excluding carboxylic acids is 1. The second kappa shape index (κ2) is 8.70. The third-order valence-electron chi connectivity index (χ3n) is 3.45. The molecule has 2 rings (SSSR count). The van der Waals surface area contributed by atoms with Gasteiger partial charge in [-0.1, -0.05) is 0 Å². The Balaban J connectivity index is 2.27. The largest absolute Gasteiger partial charge is 0.494 e. The fraction of sp³-hybridized carbons (Fsp3) is 0.278. The number of nitrogens with one attached hydrogen (secondary N) is 1. The van der Waals surface area contributed by atoms with E-state index >= 15 is 0 Å². The highest BCUT2D eigenvalue weighted by molar-refractivity contribution is 6.05. The predicted octanol–water partition coefficient (Wildman–Crippen LogP) is 3.65. The maximum Gasteiger partial charge on any atom is 0.273 e. The molecule has 0 aliphatic heterocycles. The molecule has 2 aromatic carbocycles. The van der Waals surface area contributed by atoms with Crippen LogP contribution in [-0.4, -0.2) is 31.2 Å². The number of ether oxygens (including phenoxy) is 3. The minimum Gasteiger partial charge on any atom is -0.494 e. The zero-order valence-electron chi connectivity index (χ0n) is 14.8. The third-order valence-corrected chi connectivity index (χ3v) is 3.45. The molecule has 8 heteroatoms. The maximum atomic E-state index is 12.5. The molecule has 0 atom stereocenters. The van der Waals surface area contributed by atoms with Crippen LogP contribution in [0.2, 0.25) is 0 Å². The molecule has 0 aliphatic rings. The average molecular weight is 360 g/mol. The van der Waals surface area contributed by atoms with Crippen molar-refractivity contribution in [1.29, 1.82) is 0 Å². The summed E-state index contributed by atoms with van der Waals surface area (Å²) in [5.41, 5.74) is 0.562. The fourth-order valence-corrected chi connectivity index (χ4v) is 2.28. The predicted molar refractivity (Wildman–Crippen MR) is 96.4 cm³/mol. The molecular weight excluding hydrogens is 340 g/mol. The van der Waals surface area contributed by atoms with E-state index in [0.717, 1.165) is 0 Å². The molecule has 0 fully saturated rings. The lowest BCUT2D eigenvalue weighted by atomic mass is 10.1. The Morgan fingerprint density at radius 3 is 2.35 bits per heavy atom. The van der Waals surface area contributed by atoms with Gasteiger partial charge in [0.1, 0.15) is 5.75 Å². The standard InChI is InChI=1S/C18H20N2O6/c1-4-25-15-9-6-12(10-17(15)26-5-2)18(21)19-14-8-7-13(20(22)23)11-16(14)24-3/h6-11H,4-5H2,1-3H3,(H,19,21). The second-order valence-corrected chi connectivity index (χ2v) is 5.12. The van der Waals surface area contributed by atoms with E-state index in [-0.39, 0.29) is 11.4 Å². The molecule has 0 heterocycles. The quantitative estimate of drug-likeness (QED) is 0.570. The number of carbonyl (C=O) groups is 1. The van der Waals surface area contributed by atoms with E-state index in [9.17, 15) is 14.9 Å². The first-order valence-electron chi connectivity index (χ1n) is 8.03. The van der Waals surface area contributed by atoms with Crippen molar-refractivity contribution in [2.24, 2.45) is 0 Å². The fourth-order valence-electron chi connectivity index (χ4n) is 2.28. The lowest BCUT2D eigenvalue weighted by Gasteiger charge is -2.13. The van der Waals surface area contributed by atoms with Crippen molar-refractivity contribution in [2.45, 2.75) is 13.8 Å². The van der Waals surface area contributed by atoms with Gasteiger partial charge in [-0.15, -0.1) is 0 Å². The molecule has 2 aromatic rings. The summed E-state index contributed by atoms with van der Waals surface area (Å²) >= 11 is 0. The number of nitro groups is 1. The van der Waals surface area contributed by atoms with Crippen LogP contribution in [0.25, 0.3) is 0 Å². The van der Waals surface area contributed by atoms with Gasteiger partial charge in [-0.05, 0) is 38.1 Å². The number of hydrogen-bond donors (Lipinski definition) is 1. The molecule has 0 saturated heterocycles. The van der Waals surface area contributed by atoms with Crippen LogP contribution in [0.5, 0.6) is 17.2 Å². The smallest absolute Gasteiger partial charge is 0.273 e. The summed E-state index contributed by atoms with van der Waals surface area (Å²) in [5.74, 6) is 0.821. The molecule has 0 spiro atoms. The molecule has 0 radical (unpaired) electrons. The first kappa shape index (κ1) is 19.0. The van der Waals surface area contributed by atoms with E-state index in [1.165, 1.54) is 25.3 Å². The van der Waals surface area contributed by atoms with Crippen molar-refractivity contribution >= 4 is 17.3 Å². The van der Waals surface area contributed by atoms with Gasteiger partial charge in [0.25, 0.3) is 11.6 Å². The Morgan fingerprint density at radius 1 is 1.04 bits per heavy atom. The van der Waals surface area contributed by atoms with Gasteiger partial charge in [-0.2, -0.15) is 0 Å². The first-order chi connectivity index (χ1) is 12.5. The zero-order valence-corrected chi connectivity index (χ0v) is 14.8. The summed E-state index contributed by atoms with van der Waals surface area (Å²) < 4.78 is 16.1. The van der Waals surface area contributed by atoms with Gasteiger partial charge in [0.2, 0.25) is 0 Å². The van der Waals surface area contributed by atoms with Crippen molar-refractivity contribution in [1.82, 2.24) is 0 Å². The number of hydrogen-bond acceptors (Lipinski definition) is 6. The van der Waals surface area contributed by atoms with Crippen LogP contribution in [0.15, 0.2) is 36.4 Å². The lowest BCUT2D eigenvalue weighted by Crippen LogP contribution is -2.13. The minimum absolute atomic E-state index is 0.125. The second-order valence-electron chi connectivity index (χ2n) is 5.12. The van der Waals surface area contributed by atoms with Crippen LogP contribution in [0.3, 0.4) is 0 Å². The molecule has 0 saturated carbocycles. The molecule has 0 bridgehead atoms. The van der Waals surface area contributed by atoms with Gasteiger partial charge in [0.05, 0.1) is 37.0 Å². The molecule has 8 nitrogen and oxygen atoms in total. The van der Waals surface area contributed by atoms with Crippen LogP contribution < -0.4 is 19.5 Å². The molecule has 138 valence electrons.